The maximum absolute atomic E-state index is 13.7. The number of ether oxygens (including phenoxy) is 3. The zero-order valence-electron chi connectivity index (χ0n) is 39.8. The van der Waals surface area contributed by atoms with E-state index in [4.69, 9.17) is 14.2 Å². The van der Waals surface area contributed by atoms with Gasteiger partial charge in [0, 0.05) is 66.7 Å². The van der Waals surface area contributed by atoms with Gasteiger partial charge in [-0.05, 0) is 75.2 Å². The van der Waals surface area contributed by atoms with E-state index in [1.54, 1.807) is 33.4 Å². The minimum Gasteiger partial charge on any atom is -0.487 e. The molecule has 0 saturated heterocycles. The van der Waals surface area contributed by atoms with Gasteiger partial charge in [0.25, 0.3) is 0 Å². The van der Waals surface area contributed by atoms with Gasteiger partial charge in [-0.15, -0.1) is 0 Å². The average Bonchev–Trinajstić information content (AvgIpc) is 3.37. The number of aliphatic hydroxyl groups is 1. The van der Waals surface area contributed by atoms with Crippen LogP contribution in [0.2, 0.25) is 0 Å². The highest BCUT2D eigenvalue weighted by Crippen LogP contribution is 2.28. The largest absolute Gasteiger partial charge is 0.487 e. The Bertz CT molecular complexity index is 3250. The van der Waals surface area contributed by atoms with E-state index in [2.05, 4.69) is 30.1 Å². The molecule has 366 valence electrons. The standard InChI is InChI=1S/C27H26F2N4O3.C26H24F2N4O3/c1-17(25-24(34)10-11-33(32-25)20-8-9-22(28)23(29)13-20)18-6-5-7-19(12-18)26-30-14-21(15-31-26)36-16-27(2,3)35-4;1-16(24-23(33)9-10-32(31-24)19-7-8-21(27)22(28)12-19)17-5-4-6-18(11-17)25-29-13-20(14-30-25)35-15-26(2,3)34/h5-15,17H,16H2,1-4H3;4-14,16,34H,15H2,1-3H3. The SMILES string of the molecule is CC(c1cccc(-c2ncc(OCC(C)(C)O)cn2)c1)c1nn(-c2ccc(F)c(F)c2)ccc1=O.COC(C)(C)COc1cnc(-c2cccc(C(C)c3nn(-c4ccc(F)c(F)c4)ccc3=O)c2)nc1. The van der Waals surface area contributed by atoms with Crippen molar-refractivity contribution in [2.75, 3.05) is 20.3 Å². The fraction of sp³-hybridized carbons (Fsp3) is 0.245. The molecule has 4 heterocycles. The maximum atomic E-state index is 13.7. The third-order valence-corrected chi connectivity index (χ3v) is 11.1. The monoisotopic (exact) mass is 970 g/mol. The van der Waals surface area contributed by atoms with Crippen molar-refractivity contribution in [3.8, 4) is 45.6 Å². The number of halogens is 4. The fourth-order valence-electron chi connectivity index (χ4n) is 6.85. The Morgan fingerprint density at radius 1 is 0.563 bits per heavy atom. The summed E-state index contributed by atoms with van der Waals surface area (Å²) in [6, 6.07) is 24.5. The molecule has 14 nitrogen and oxygen atoms in total. The lowest BCUT2D eigenvalue weighted by molar-refractivity contribution is -0.0148. The number of hydrogen-bond donors (Lipinski definition) is 1. The number of methoxy groups -OCH3 is 1. The zero-order valence-corrected chi connectivity index (χ0v) is 39.8. The van der Waals surface area contributed by atoms with Gasteiger partial charge < -0.3 is 19.3 Å². The molecule has 4 aromatic carbocycles. The molecule has 0 aliphatic rings. The van der Waals surface area contributed by atoms with E-state index in [0.29, 0.717) is 41.1 Å². The summed E-state index contributed by atoms with van der Waals surface area (Å²) >= 11 is 0. The van der Waals surface area contributed by atoms with E-state index in [1.165, 1.54) is 58.4 Å². The van der Waals surface area contributed by atoms with Gasteiger partial charge in [-0.3, -0.25) is 9.59 Å². The molecule has 2 atom stereocenters. The smallest absolute Gasteiger partial charge is 0.203 e. The van der Waals surface area contributed by atoms with E-state index in [-0.39, 0.29) is 34.8 Å². The summed E-state index contributed by atoms with van der Waals surface area (Å²) in [5, 5.41) is 18.6. The first-order valence-corrected chi connectivity index (χ1v) is 22.3. The van der Waals surface area contributed by atoms with Crippen molar-refractivity contribution in [3.63, 3.8) is 0 Å². The van der Waals surface area contributed by atoms with Crippen molar-refractivity contribution in [3.05, 3.63) is 200 Å². The second-order valence-corrected chi connectivity index (χ2v) is 17.7. The van der Waals surface area contributed by atoms with E-state index in [1.807, 2.05) is 76.2 Å². The second kappa shape index (κ2) is 21.8. The molecule has 4 aromatic heterocycles. The molecule has 18 heteroatoms. The summed E-state index contributed by atoms with van der Waals surface area (Å²) in [4.78, 5) is 42.7. The van der Waals surface area contributed by atoms with Crippen LogP contribution < -0.4 is 20.3 Å². The van der Waals surface area contributed by atoms with Gasteiger partial charge in [0.1, 0.15) is 24.6 Å². The van der Waals surface area contributed by atoms with Crippen LogP contribution in [0.3, 0.4) is 0 Å². The molecule has 8 rings (SSSR count). The Hall–Kier alpha value is -7.96. The van der Waals surface area contributed by atoms with Gasteiger partial charge >= 0.3 is 0 Å². The summed E-state index contributed by atoms with van der Waals surface area (Å²) in [6.45, 7) is 11.3. The van der Waals surface area contributed by atoms with Gasteiger partial charge in [0.05, 0.1) is 47.4 Å². The number of nitrogens with zero attached hydrogens (tertiary/aromatic N) is 8. The van der Waals surface area contributed by atoms with E-state index >= 15 is 0 Å². The summed E-state index contributed by atoms with van der Waals surface area (Å²) < 4.78 is 73.3. The highest BCUT2D eigenvalue weighted by atomic mass is 19.2. The molecule has 71 heavy (non-hydrogen) atoms. The molecule has 0 aliphatic heterocycles. The number of benzene rings is 4. The van der Waals surface area contributed by atoms with Crippen LogP contribution in [0.15, 0.2) is 144 Å². The first-order chi connectivity index (χ1) is 33.8. The van der Waals surface area contributed by atoms with Crippen molar-refractivity contribution < 1.29 is 36.9 Å². The second-order valence-electron chi connectivity index (χ2n) is 17.7. The number of aromatic nitrogens is 8. The van der Waals surface area contributed by atoms with Crippen molar-refractivity contribution in [2.24, 2.45) is 0 Å². The Balaban J connectivity index is 0.000000209. The fourth-order valence-corrected chi connectivity index (χ4v) is 6.85. The lowest BCUT2D eigenvalue weighted by Gasteiger charge is -2.22. The third-order valence-electron chi connectivity index (χ3n) is 11.1. The molecule has 0 aliphatic carbocycles. The van der Waals surface area contributed by atoms with E-state index in [0.717, 1.165) is 46.5 Å². The van der Waals surface area contributed by atoms with Crippen molar-refractivity contribution in [1.29, 1.82) is 0 Å². The molecule has 0 bridgehead atoms. The predicted octanol–water partition coefficient (Wildman–Crippen LogP) is 9.19. The summed E-state index contributed by atoms with van der Waals surface area (Å²) in [5.74, 6) is -2.74. The van der Waals surface area contributed by atoms with Crippen molar-refractivity contribution in [2.45, 2.75) is 64.6 Å². The highest BCUT2D eigenvalue weighted by Gasteiger charge is 2.21. The molecule has 0 radical (unpaired) electrons. The van der Waals surface area contributed by atoms with Crippen LogP contribution in [0.1, 0.15) is 75.9 Å². The molecule has 0 fully saturated rings. The summed E-state index contributed by atoms with van der Waals surface area (Å²) in [6.07, 6.45) is 9.10. The van der Waals surface area contributed by atoms with Crippen LogP contribution in [-0.4, -0.2) is 76.1 Å². The van der Waals surface area contributed by atoms with Crippen LogP contribution in [0.5, 0.6) is 11.5 Å². The zero-order chi connectivity index (χ0) is 51.0. The molecule has 8 aromatic rings. The lowest BCUT2D eigenvalue weighted by Crippen LogP contribution is -2.30. The molecule has 0 spiro atoms. The topological polar surface area (TPSA) is 169 Å². The normalized spacial score (nSPS) is 12.4. The van der Waals surface area contributed by atoms with Crippen molar-refractivity contribution >= 4 is 0 Å². The number of hydrogen-bond acceptors (Lipinski definition) is 12. The first-order valence-electron chi connectivity index (χ1n) is 22.3. The quantitative estimate of drug-likeness (QED) is 0.0969. The summed E-state index contributed by atoms with van der Waals surface area (Å²) in [5.41, 5.74) is 2.32. The van der Waals surface area contributed by atoms with Crippen LogP contribution in [-0.2, 0) is 4.74 Å². The van der Waals surface area contributed by atoms with E-state index in [9.17, 15) is 32.3 Å². The minimum atomic E-state index is -0.998. The first kappa shape index (κ1) is 50.9. The Kier molecular flexibility index (Phi) is 15.6. The third kappa shape index (κ3) is 13.0. The van der Waals surface area contributed by atoms with Gasteiger partial charge in [-0.2, -0.15) is 10.2 Å². The van der Waals surface area contributed by atoms with E-state index < -0.39 is 40.4 Å². The van der Waals surface area contributed by atoms with Gasteiger partial charge in [0.15, 0.2) is 46.4 Å². The summed E-state index contributed by atoms with van der Waals surface area (Å²) in [7, 11) is 1.62. The average molecular weight is 971 g/mol. The molecular weight excluding hydrogens is 921 g/mol. The highest BCUT2D eigenvalue weighted by molar-refractivity contribution is 5.58. The molecule has 0 amide bonds. The molecular formula is C53H50F4N8O6. The number of rotatable bonds is 15. The van der Waals surface area contributed by atoms with Gasteiger partial charge in [0.2, 0.25) is 10.9 Å². The van der Waals surface area contributed by atoms with Crippen LogP contribution >= 0.6 is 0 Å². The molecule has 0 saturated carbocycles. The van der Waals surface area contributed by atoms with Crippen LogP contribution in [0, 0.1) is 23.3 Å². The Morgan fingerprint density at radius 2 is 0.972 bits per heavy atom. The maximum Gasteiger partial charge on any atom is 0.203 e. The van der Waals surface area contributed by atoms with Gasteiger partial charge in [-0.25, -0.2) is 46.9 Å². The minimum absolute atomic E-state index is 0.106. The predicted molar refractivity (Wildman–Crippen MR) is 258 cm³/mol. The lowest BCUT2D eigenvalue weighted by atomic mass is 9.95. The van der Waals surface area contributed by atoms with Crippen molar-refractivity contribution in [1.82, 2.24) is 39.5 Å². The Morgan fingerprint density at radius 3 is 1.35 bits per heavy atom. The van der Waals surface area contributed by atoms with Crippen LogP contribution in [0.25, 0.3) is 34.2 Å². The Labute approximate surface area is 406 Å². The molecule has 2 unspecified atom stereocenters. The molecule has 1 N–H and O–H groups in total. The van der Waals surface area contributed by atoms with Crippen LogP contribution in [0.4, 0.5) is 17.6 Å². The van der Waals surface area contributed by atoms with Gasteiger partial charge in [-0.1, -0.05) is 50.2 Å².